The molecular formula is C21H28N2O3. The van der Waals surface area contributed by atoms with E-state index in [1.165, 1.54) is 0 Å². The van der Waals surface area contributed by atoms with Crippen molar-refractivity contribution in [3.63, 3.8) is 0 Å². The van der Waals surface area contributed by atoms with Crippen LogP contribution in [0.3, 0.4) is 0 Å². The summed E-state index contributed by atoms with van der Waals surface area (Å²) in [5, 5.41) is 12.3. The average Bonchev–Trinajstić information content (AvgIpc) is 2.85. The summed E-state index contributed by atoms with van der Waals surface area (Å²) in [5.41, 5.74) is 4.59. The molecule has 1 aromatic heterocycles. The van der Waals surface area contributed by atoms with Gasteiger partial charge in [0, 0.05) is 24.0 Å². The lowest BCUT2D eigenvalue weighted by atomic mass is 9.98. The molecule has 0 aliphatic carbocycles. The maximum absolute atomic E-state index is 12.6. The number of hydrogen-bond donors (Lipinski definition) is 2. The summed E-state index contributed by atoms with van der Waals surface area (Å²) < 4.78 is 2.11. The van der Waals surface area contributed by atoms with Crippen LogP contribution in [0.2, 0.25) is 0 Å². The van der Waals surface area contributed by atoms with E-state index in [4.69, 9.17) is 0 Å². The molecule has 140 valence electrons. The lowest BCUT2D eigenvalue weighted by Gasteiger charge is -2.15. The number of nitrogens with zero attached hydrogens (tertiary/aromatic N) is 1. The SMILES string of the molecule is Cc1cccc(CC(CNC(=O)c2cc(C)n(C(C)C)c2C)C(=O)O)c1. The van der Waals surface area contributed by atoms with Gasteiger partial charge >= 0.3 is 5.97 Å². The second-order valence-electron chi connectivity index (χ2n) is 7.19. The van der Waals surface area contributed by atoms with Gasteiger partial charge in [-0.2, -0.15) is 0 Å². The molecule has 26 heavy (non-hydrogen) atoms. The molecule has 1 aromatic carbocycles. The van der Waals surface area contributed by atoms with E-state index in [2.05, 4.69) is 23.7 Å². The van der Waals surface area contributed by atoms with E-state index in [0.29, 0.717) is 12.0 Å². The highest BCUT2D eigenvalue weighted by molar-refractivity contribution is 5.96. The Morgan fingerprint density at radius 3 is 2.38 bits per heavy atom. The fraction of sp³-hybridized carbons (Fsp3) is 0.429. The van der Waals surface area contributed by atoms with E-state index >= 15 is 0 Å². The van der Waals surface area contributed by atoms with E-state index in [-0.39, 0.29) is 18.5 Å². The van der Waals surface area contributed by atoms with E-state index in [0.717, 1.165) is 22.5 Å². The number of nitrogens with one attached hydrogen (secondary N) is 1. The topological polar surface area (TPSA) is 71.3 Å². The van der Waals surface area contributed by atoms with Gasteiger partial charge in [0.15, 0.2) is 0 Å². The lowest BCUT2D eigenvalue weighted by Crippen LogP contribution is -2.34. The Labute approximate surface area is 155 Å². The Morgan fingerprint density at radius 2 is 1.85 bits per heavy atom. The van der Waals surface area contributed by atoms with Gasteiger partial charge in [-0.3, -0.25) is 9.59 Å². The van der Waals surface area contributed by atoms with Crippen molar-refractivity contribution in [2.75, 3.05) is 6.54 Å². The Balaban J connectivity index is 2.08. The smallest absolute Gasteiger partial charge is 0.308 e. The van der Waals surface area contributed by atoms with Gasteiger partial charge in [-0.1, -0.05) is 29.8 Å². The summed E-state index contributed by atoms with van der Waals surface area (Å²) in [4.78, 5) is 24.2. The van der Waals surface area contributed by atoms with Gasteiger partial charge in [0.05, 0.1) is 11.5 Å². The molecule has 2 rings (SSSR count). The van der Waals surface area contributed by atoms with Crippen LogP contribution in [0.4, 0.5) is 0 Å². The molecule has 0 bridgehead atoms. The van der Waals surface area contributed by atoms with E-state index < -0.39 is 11.9 Å². The molecule has 1 amide bonds. The lowest BCUT2D eigenvalue weighted by molar-refractivity contribution is -0.141. The first-order valence-electron chi connectivity index (χ1n) is 8.95. The molecule has 2 aromatic rings. The number of carbonyl (C=O) groups is 2. The standard InChI is InChI=1S/C21H28N2O3/c1-13(2)23-15(4)10-19(16(23)5)20(24)22-12-18(21(25)26)11-17-8-6-7-14(3)9-17/h6-10,13,18H,11-12H2,1-5H3,(H,22,24)(H,25,26). The van der Waals surface area contributed by atoms with Gasteiger partial charge in [-0.05, 0) is 52.7 Å². The minimum atomic E-state index is -0.903. The molecule has 1 unspecified atom stereocenters. The molecule has 0 aliphatic heterocycles. The maximum Gasteiger partial charge on any atom is 0.308 e. The zero-order chi connectivity index (χ0) is 19.4. The van der Waals surface area contributed by atoms with Crippen molar-refractivity contribution in [2.24, 2.45) is 5.92 Å². The molecule has 0 fully saturated rings. The van der Waals surface area contributed by atoms with E-state index in [9.17, 15) is 14.7 Å². The van der Waals surface area contributed by atoms with Gasteiger partial charge in [-0.15, -0.1) is 0 Å². The third kappa shape index (κ3) is 4.54. The number of carboxylic acids is 1. The molecule has 0 saturated heterocycles. The quantitative estimate of drug-likeness (QED) is 0.795. The predicted octanol–water partition coefficient (Wildman–Crippen LogP) is 3.67. The van der Waals surface area contributed by atoms with Gasteiger partial charge in [0.25, 0.3) is 5.91 Å². The fourth-order valence-corrected chi connectivity index (χ4v) is 3.48. The number of rotatable bonds is 7. The van der Waals surface area contributed by atoms with Crippen molar-refractivity contribution in [1.82, 2.24) is 9.88 Å². The highest BCUT2D eigenvalue weighted by atomic mass is 16.4. The van der Waals surface area contributed by atoms with Crippen LogP contribution in [-0.4, -0.2) is 28.1 Å². The first kappa shape index (κ1) is 19.8. The highest BCUT2D eigenvalue weighted by Gasteiger charge is 2.22. The monoisotopic (exact) mass is 356 g/mol. The third-order valence-electron chi connectivity index (χ3n) is 4.67. The molecule has 2 N–H and O–H groups in total. The zero-order valence-electron chi connectivity index (χ0n) is 16.2. The number of carbonyl (C=O) groups excluding carboxylic acids is 1. The van der Waals surface area contributed by atoms with Gasteiger partial charge in [0.2, 0.25) is 0 Å². The third-order valence-corrected chi connectivity index (χ3v) is 4.67. The fourth-order valence-electron chi connectivity index (χ4n) is 3.48. The van der Waals surface area contributed by atoms with Crippen molar-refractivity contribution < 1.29 is 14.7 Å². The molecule has 0 saturated carbocycles. The number of hydrogen-bond acceptors (Lipinski definition) is 2. The number of aliphatic carboxylic acids is 1. The Bertz CT molecular complexity index is 806. The molecule has 5 nitrogen and oxygen atoms in total. The number of carboxylic acid groups (broad SMARTS) is 1. The first-order chi connectivity index (χ1) is 12.2. The molecule has 1 heterocycles. The molecule has 0 aliphatic rings. The van der Waals surface area contributed by atoms with Gasteiger partial charge < -0.3 is 15.0 Å². The van der Waals surface area contributed by atoms with Crippen LogP contribution in [0.15, 0.2) is 30.3 Å². The van der Waals surface area contributed by atoms with Crippen molar-refractivity contribution in [3.05, 3.63) is 58.4 Å². The van der Waals surface area contributed by atoms with Gasteiger partial charge in [0.1, 0.15) is 0 Å². The number of amides is 1. The van der Waals surface area contributed by atoms with Crippen LogP contribution < -0.4 is 5.32 Å². The largest absolute Gasteiger partial charge is 0.481 e. The van der Waals surface area contributed by atoms with Crippen LogP contribution in [0.1, 0.15) is 52.8 Å². The summed E-state index contributed by atoms with van der Waals surface area (Å²) in [6.45, 7) is 10.1. The second-order valence-corrected chi connectivity index (χ2v) is 7.19. The zero-order valence-corrected chi connectivity index (χ0v) is 16.2. The Kier molecular flexibility index (Phi) is 6.24. The molecule has 0 spiro atoms. The van der Waals surface area contributed by atoms with Crippen LogP contribution in [0.25, 0.3) is 0 Å². The maximum atomic E-state index is 12.6. The summed E-state index contributed by atoms with van der Waals surface area (Å²) in [7, 11) is 0. The second kappa shape index (κ2) is 8.21. The van der Waals surface area contributed by atoms with Crippen molar-refractivity contribution in [3.8, 4) is 0 Å². The molecular weight excluding hydrogens is 328 g/mol. The minimum absolute atomic E-state index is 0.105. The van der Waals surface area contributed by atoms with Crippen molar-refractivity contribution >= 4 is 11.9 Å². The summed E-state index contributed by atoms with van der Waals surface area (Å²) >= 11 is 0. The predicted molar refractivity (Wildman–Crippen MR) is 103 cm³/mol. The number of aryl methyl sites for hydroxylation is 2. The number of aromatic nitrogens is 1. The summed E-state index contributed by atoms with van der Waals surface area (Å²) in [6.07, 6.45) is 0.391. The summed E-state index contributed by atoms with van der Waals surface area (Å²) in [5.74, 6) is -1.78. The molecule has 1 atom stereocenters. The Hall–Kier alpha value is -2.56. The highest BCUT2D eigenvalue weighted by Crippen LogP contribution is 2.20. The minimum Gasteiger partial charge on any atom is -0.481 e. The Morgan fingerprint density at radius 1 is 1.15 bits per heavy atom. The summed E-state index contributed by atoms with van der Waals surface area (Å²) in [6, 6.07) is 9.93. The molecule has 5 heteroatoms. The van der Waals surface area contributed by atoms with Crippen molar-refractivity contribution in [2.45, 2.75) is 47.1 Å². The average molecular weight is 356 g/mol. The van der Waals surface area contributed by atoms with Crippen LogP contribution in [0, 0.1) is 26.7 Å². The number of benzene rings is 1. The normalized spacial score (nSPS) is 12.2. The van der Waals surface area contributed by atoms with Gasteiger partial charge in [-0.25, -0.2) is 0 Å². The molecule has 0 radical (unpaired) electrons. The van der Waals surface area contributed by atoms with Crippen LogP contribution >= 0.6 is 0 Å². The van der Waals surface area contributed by atoms with E-state index in [1.54, 1.807) is 0 Å². The van der Waals surface area contributed by atoms with Crippen molar-refractivity contribution in [1.29, 1.82) is 0 Å². The first-order valence-corrected chi connectivity index (χ1v) is 8.95. The van der Waals surface area contributed by atoms with Crippen LogP contribution in [0.5, 0.6) is 0 Å². The van der Waals surface area contributed by atoms with Crippen LogP contribution in [-0.2, 0) is 11.2 Å². The van der Waals surface area contributed by atoms with E-state index in [1.807, 2.05) is 51.1 Å².